The summed E-state index contributed by atoms with van der Waals surface area (Å²) in [6.07, 6.45) is 10.2. The molecule has 6 heteroatoms. The lowest BCUT2D eigenvalue weighted by molar-refractivity contribution is 0.246. The highest BCUT2D eigenvalue weighted by Gasteiger charge is 2.28. The number of carbonyl (C=O) groups is 1. The summed E-state index contributed by atoms with van der Waals surface area (Å²) >= 11 is 0. The minimum Gasteiger partial charge on any atom is -0.329 e. The van der Waals surface area contributed by atoms with Crippen LogP contribution in [0.2, 0.25) is 0 Å². The van der Waals surface area contributed by atoms with Crippen molar-refractivity contribution in [1.29, 1.82) is 5.26 Å². The van der Waals surface area contributed by atoms with E-state index in [4.69, 9.17) is 5.10 Å². The van der Waals surface area contributed by atoms with Crippen molar-refractivity contribution in [1.82, 2.24) is 15.1 Å². The van der Waals surface area contributed by atoms with Crippen molar-refractivity contribution in [2.75, 3.05) is 5.32 Å². The van der Waals surface area contributed by atoms with Crippen molar-refractivity contribution in [3.05, 3.63) is 47.3 Å². The Hall–Kier alpha value is -2.81. The van der Waals surface area contributed by atoms with Crippen molar-refractivity contribution in [2.24, 2.45) is 0 Å². The number of nitrogens with one attached hydrogen (secondary N) is 2. The lowest BCUT2D eigenvalue weighted by Gasteiger charge is -2.22. The topological polar surface area (TPSA) is 82.7 Å². The minimum absolute atomic E-state index is 0.0433. The summed E-state index contributed by atoms with van der Waals surface area (Å²) in [5.74, 6) is 0. The summed E-state index contributed by atoms with van der Waals surface area (Å²) in [5.41, 5.74) is 3.41. The average molecular weight is 392 g/mol. The number of hydrogen-bond donors (Lipinski definition) is 2. The Morgan fingerprint density at radius 2 is 1.90 bits per heavy atom. The van der Waals surface area contributed by atoms with Crippen LogP contribution in [0.1, 0.15) is 81.3 Å². The van der Waals surface area contributed by atoms with E-state index < -0.39 is 5.41 Å². The number of aromatic nitrogens is 2. The van der Waals surface area contributed by atoms with Gasteiger partial charge < -0.3 is 10.6 Å². The molecule has 1 atom stereocenters. The predicted octanol–water partition coefficient (Wildman–Crippen LogP) is 5.00. The largest absolute Gasteiger partial charge is 0.329 e. The van der Waals surface area contributed by atoms with Crippen molar-refractivity contribution in [3.8, 4) is 6.07 Å². The summed E-state index contributed by atoms with van der Waals surface area (Å²) in [6.45, 7) is 3.76. The van der Waals surface area contributed by atoms with E-state index in [2.05, 4.69) is 27.6 Å². The first-order valence-corrected chi connectivity index (χ1v) is 10.6. The SMILES string of the molecule is CC(C)(C#N)c1ccc(NC(=O)NC2CCCc3cn(C4CCCC4)nc32)cc1. The standard InChI is InChI=1S/C23H29N5O/c1-23(2,15-24)17-10-12-18(13-11-17)25-22(29)26-20-9-5-6-16-14-28(27-21(16)20)19-7-3-4-8-19/h10-14,19-20H,3-9H2,1-2H3,(H2,25,26,29). The second-order valence-corrected chi connectivity index (χ2v) is 8.82. The summed E-state index contributed by atoms with van der Waals surface area (Å²) in [7, 11) is 0. The van der Waals surface area contributed by atoms with E-state index in [0.717, 1.165) is 30.5 Å². The number of rotatable bonds is 4. The van der Waals surface area contributed by atoms with Crippen molar-refractivity contribution >= 4 is 11.7 Å². The Morgan fingerprint density at radius 3 is 2.59 bits per heavy atom. The molecule has 2 aromatic rings. The van der Waals surface area contributed by atoms with Crippen LogP contribution in [0.4, 0.5) is 10.5 Å². The number of amides is 2. The van der Waals surface area contributed by atoms with Crippen LogP contribution in [-0.4, -0.2) is 15.8 Å². The maximum absolute atomic E-state index is 12.6. The highest BCUT2D eigenvalue weighted by atomic mass is 16.2. The van der Waals surface area contributed by atoms with Gasteiger partial charge in [0.1, 0.15) is 0 Å². The van der Waals surface area contributed by atoms with Crippen LogP contribution in [-0.2, 0) is 11.8 Å². The number of nitriles is 1. The van der Waals surface area contributed by atoms with E-state index in [1.54, 1.807) is 0 Å². The lowest BCUT2D eigenvalue weighted by Crippen LogP contribution is -2.34. The number of nitrogens with zero attached hydrogens (tertiary/aromatic N) is 3. The van der Waals surface area contributed by atoms with Gasteiger partial charge in [-0.1, -0.05) is 25.0 Å². The van der Waals surface area contributed by atoms with Crippen molar-refractivity contribution in [3.63, 3.8) is 0 Å². The van der Waals surface area contributed by atoms with Crippen molar-refractivity contribution in [2.45, 2.75) is 76.3 Å². The molecule has 4 rings (SSSR count). The molecular weight excluding hydrogens is 362 g/mol. The van der Waals surface area contributed by atoms with Crippen molar-refractivity contribution < 1.29 is 4.79 Å². The van der Waals surface area contributed by atoms with Crippen LogP contribution in [0.3, 0.4) is 0 Å². The van der Waals surface area contributed by atoms with Crippen LogP contribution in [0.15, 0.2) is 30.5 Å². The first-order valence-electron chi connectivity index (χ1n) is 10.6. The van der Waals surface area contributed by atoms with Gasteiger partial charge in [-0.05, 0) is 69.2 Å². The van der Waals surface area contributed by atoms with Crippen LogP contribution < -0.4 is 10.6 Å². The molecule has 0 spiro atoms. The Kier molecular flexibility index (Phi) is 5.31. The van der Waals surface area contributed by atoms with Crippen LogP contribution in [0.25, 0.3) is 0 Å². The number of aryl methyl sites for hydroxylation is 1. The zero-order valence-corrected chi connectivity index (χ0v) is 17.2. The number of benzene rings is 1. The molecule has 152 valence electrons. The maximum atomic E-state index is 12.6. The van der Waals surface area contributed by atoms with E-state index in [9.17, 15) is 10.1 Å². The molecule has 6 nitrogen and oxygen atoms in total. The third-order valence-corrected chi connectivity index (χ3v) is 6.26. The molecule has 2 aliphatic rings. The van der Waals surface area contributed by atoms with Gasteiger partial charge in [-0.2, -0.15) is 10.4 Å². The summed E-state index contributed by atoms with van der Waals surface area (Å²) in [4.78, 5) is 12.6. The van der Waals surface area contributed by atoms with Gasteiger partial charge in [-0.15, -0.1) is 0 Å². The van der Waals surface area contributed by atoms with Crippen LogP contribution in [0, 0.1) is 11.3 Å². The molecule has 1 aromatic heterocycles. The second kappa shape index (κ2) is 7.90. The summed E-state index contributed by atoms with van der Waals surface area (Å²) in [6, 6.07) is 10.0. The molecule has 0 radical (unpaired) electrons. The van der Waals surface area contributed by atoms with E-state index >= 15 is 0 Å². The molecule has 1 unspecified atom stereocenters. The van der Waals surface area contributed by atoms with Gasteiger partial charge in [0.2, 0.25) is 0 Å². The Balaban J connectivity index is 1.41. The van der Waals surface area contributed by atoms with Crippen LogP contribution >= 0.6 is 0 Å². The van der Waals surface area contributed by atoms with E-state index in [1.165, 1.54) is 31.2 Å². The first kappa shape index (κ1) is 19.5. The lowest BCUT2D eigenvalue weighted by atomic mass is 9.86. The highest BCUT2D eigenvalue weighted by molar-refractivity contribution is 5.89. The maximum Gasteiger partial charge on any atom is 0.319 e. The summed E-state index contributed by atoms with van der Waals surface area (Å²) < 4.78 is 2.14. The van der Waals surface area contributed by atoms with E-state index in [1.807, 2.05) is 38.1 Å². The molecule has 2 aliphatic carbocycles. The van der Waals surface area contributed by atoms with Gasteiger partial charge in [-0.25, -0.2) is 4.79 Å². The first-order chi connectivity index (χ1) is 14.0. The number of hydrogen-bond acceptors (Lipinski definition) is 3. The van der Waals surface area contributed by atoms with Gasteiger partial charge >= 0.3 is 6.03 Å². The third kappa shape index (κ3) is 4.14. The Morgan fingerprint density at radius 1 is 1.17 bits per heavy atom. The van der Waals surface area contributed by atoms with Gasteiger partial charge in [0.15, 0.2) is 0 Å². The normalized spacial score (nSPS) is 19.4. The molecule has 1 heterocycles. The van der Waals surface area contributed by atoms with Crippen LogP contribution in [0.5, 0.6) is 0 Å². The molecule has 1 aromatic carbocycles. The average Bonchev–Trinajstić information content (AvgIpc) is 3.38. The second-order valence-electron chi connectivity index (χ2n) is 8.82. The van der Waals surface area contributed by atoms with E-state index in [0.29, 0.717) is 11.7 Å². The van der Waals surface area contributed by atoms with Gasteiger partial charge in [-0.3, -0.25) is 4.68 Å². The smallest absolute Gasteiger partial charge is 0.319 e. The highest BCUT2D eigenvalue weighted by Crippen LogP contribution is 2.34. The molecule has 0 bridgehead atoms. The molecular formula is C23H29N5O. The molecule has 1 saturated carbocycles. The molecule has 0 aliphatic heterocycles. The molecule has 1 fully saturated rings. The number of urea groups is 1. The zero-order valence-electron chi connectivity index (χ0n) is 17.2. The Labute approximate surface area is 172 Å². The van der Waals surface area contributed by atoms with Gasteiger partial charge in [0.05, 0.1) is 29.3 Å². The zero-order chi connectivity index (χ0) is 20.4. The number of carbonyl (C=O) groups excluding carboxylic acids is 1. The fourth-order valence-corrected chi connectivity index (χ4v) is 4.42. The quantitative estimate of drug-likeness (QED) is 0.769. The predicted molar refractivity (Wildman–Crippen MR) is 113 cm³/mol. The fourth-order valence-electron chi connectivity index (χ4n) is 4.42. The molecule has 2 amide bonds. The fraction of sp³-hybridized carbons (Fsp3) is 0.522. The third-order valence-electron chi connectivity index (χ3n) is 6.26. The van der Waals surface area contributed by atoms with E-state index in [-0.39, 0.29) is 12.1 Å². The molecule has 29 heavy (non-hydrogen) atoms. The Bertz CT molecular complexity index is 916. The number of anilines is 1. The molecule has 2 N–H and O–H groups in total. The monoisotopic (exact) mass is 391 g/mol. The summed E-state index contributed by atoms with van der Waals surface area (Å²) in [5, 5.41) is 20.1. The number of fused-ring (bicyclic) bond motifs is 1. The van der Waals surface area contributed by atoms with Gasteiger partial charge in [0.25, 0.3) is 0 Å². The van der Waals surface area contributed by atoms with Gasteiger partial charge in [0, 0.05) is 11.9 Å². The molecule has 0 saturated heterocycles. The minimum atomic E-state index is -0.544.